The van der Waals surface area contributed by atoms with Gasteiger partial charge in [0.1, 0.15) is 10.7 Å². The minimum absolute atomic E-state index is 0.00694. The molecule has 1 heterocycles. The summed E-state index contributed by atoms with van der Waals surface area (Å²) in [7, 11) is -2.38. The Morgan fingerprint density at radius 3 is 2.68 bits per heavy atom. The molecule has 1 aromatic rings. The Hall–Kier alpha value is -1.67. The molecule has 0 aliphatic carbocycles. The molecule has 0 radical (unpaired) electrons. The van der Waals surface area contributed by atoms with Crippen LogP contribution in [0.1, 0.15) is 13.3 Å². The van der Waals surface area contributed by atoms with Crippen molar-refractivity contribution in [3.63, 3.8) is 0 Å². The average Bonchev–Trinajstić information content (AvgIpc) is 2.36. The first-order valence-electron chi connectivity index (χ1n) is 5.82. The van der Waals surface area contributed by atoms with E-state index in [1.807, 2.05) is 6.92 Å². The van der Waals surface area contributed by atoms with Crippen LogP contribution in [0.5, 0.6) is 0 Å². The van der Waals surface area contributed by atoms with Crippen LogP contribution in [0.3, 0.4) is 0 Å². The van der Waals surface area contributed by atoms with Crippen LogP contribution < -0.4 is 11.1 Å². The molecule has 0 saturated heterocycles. The quantitative estimate of drug-likeness (QED) is 0.754. The van der Waals surface area contributed by atoms with Crippen LogP contribution in [-0.4, -0.2) is 43.8 Å². The van der Waals surface area contributed by atoms with Gasteiger partial charge in [0.15, 0.2) is 0 Å². The molecular weight excluding hydrogens is 268 g/mol. The third-order valence-corrected chi connectivity index (χ3v) is 4.19. The van der Waals surface area contributed by atoms with Crippen molar-refractivity contribution < 1.29 is 13.2 Å². The number of nitrogens with zero attached hydrogens (tertiary/aromatic N) is 2. The number of hydrogen-bond acceptors (Lipinski definition) is 5. The highest BCUT2D eigenvalue weighted by atomic mass is 32.2. The van der Waals surface area contributed by atoms with Crippen molar-refractivity contribution in [1.29, 1.82) is 0 Å². The fourth-order valence-electron chi connectivity index (χ4n) is 1.33. The molecule has 3 N–H and O–H groups in total. The highest BCUT2D eigenvalue weighted by Crippen LogP contribution is 2.13. The molecule has 1 rings (SSSR count). The van der Waals surface area contributed by atoms with Crippen molar-refractivity contribution in [2.24, 2.45) is 0 Å². The van der Waals surface area contributed by atoms with Crippen molar-refractivity contribution in [3.05, 3.63) is 18.3 Å². The molecule has 106 valence electrons. The molecule has 0 aromatic carbocycles. The molecule has 0 atom stereocenters. The predicted molar refractivity (Wildman–Crippen MR) is 71.8 cm³/mol. The van der Waals surface area contributed by atoms with E-state index in [9.17, 15) is 13.2 Å². The number of nitrogens with one attached hydrogen (secondary N) is 1. The summed E-state index contributed by atoms with van der Waals surface area (Å²) in [6.07, 6.45) is 1.97. The van der Waals surface area contributed by atoms with Gasteiger partial charge < -0.3 is 11.1 Å². The van der Waals surface area contributed by atoms with E-state index in [1.165, 1.54) is 25.4 Å². The molecule has 0 aliphatic heterocycles. The van der Waals surface area contributed by atoms with Crippen LogP contribution >= 0.6 is 0 Å². The molecule has 0 fully saturated rings. The largest absolute Gasteiger partial charge is 0.384 e. The van der Waals surface area contributed by atoms with Gasteiger partial charge >= 0.3 is 0 Å². The second-order valence-corrected chi connectivity index (χ2v) is 6.07. The summed E-state index contributed by atoms with van der Waals surface area (Å²) in [5, 5.41) is 2.62. The van der Waals surface area contributed by atoms with E-state index in [1.54, 1.807) is 0 Å². The van der Waals surface area contributed by atoms with Gasteiger partial charge in [0, 0.05) is 19.8 Å². The first kappa shape index (κ1) is 15.4. The molecule has 0 spiro atoms. The zero-order chi connectivity index (χ0) is 14.5. The summed E-state index contributed by atoms with van der Waals surface area (Å²) in [5.41, 5.74) is 5.40. The Labute approximate surface area is 112 Å². The molecule has 1 amide bonds. The number of pyridine rings is 1. The maximum absolute atomic E-state index is 12.1. The predicted octanol–water partition coefficient (Wildman–Crippen LogP) is -0.189. The smallest absolute Gasteiger partial charge is 0.244 e. The zero-order valence-electron chi connectivity index (χ0n) is 11.0. The van der Waals surface area contributed by atoms with Crippen molar-refractivity contribution >= 4 is 21.7 Å². The Kier molecular flexibility index (Phi) is 5.25. The van der Waals surface area contributed by atoms with E-state index in [0.717, 1.165) is 10.7 Å². The van der Waals surface area contributed by atoms with Crippen molar-refractivity contribution in [1.82, 2.24) is 14.6 Å². The molecule has 0 bridgehead atoms. The van der Waals surface area contributed by atoms with Crippen LogP contribution in [0.25, 0.3) is 0 Å². The second kappa shape index (κ2) is 6.48. The number of nitrogen functional groups attached to an aromatic ring is 1. The number of hydrogen-bond donors (Lipinski definition) is 2. The van der Waals surface area contributed by atoms with Crippen molar-refractivity contribution in [3.8, 4) is 0 Å². The Balaban J connectivity index is 2.77. The number of carbonyl (C=O) groups excluding carboxylic acids is 1. The number of rotatable bonds is 6. The summed E-state index contributed by atoms with van der Waals surface area (Å²) in [6.45, 7) is 2.21. The molecule has 8 heteroatoms. The number of likely N-dealkylation sites (N-methyl/N-ethyl adjacent to an activating group) is 1. The molecule has 0 aliphatic rings. The van der Waals surface area contributed by atoms with Gasteiger partial charge in [-0.05, 0) is 18.6 Å². The van der Waals surface area contributed by atoms with Gasteiger partial charge in [0.25, 0.3) is 0 Å². The minimum Gasteiger partial charge on any atom is -0.384 e. The Bertz CT molecular complexity index is 527. The highest BCUT2D eigenvalue weighted by molar-refractivity contribution is 7.89. The first-order valence-corrected chi connectivity index (χ1v) is 7.26. The third-order valence-electron chi connectivity index (χ3n) is 2.41. The van der Waals surface area contributed by atoms with E-state index in [0.29, 0.717) is 6.54 Å². The van der Waals surface area contributed by atoms with E-state index in [4.69, 9.17) is 5.73 Å². The Morgan fingerprint density at radius 1 is 1.47 bits per heavy atom. The highest BCUT2D eigenvalue weighted by Gasteiger charge is 2.22. The number of aromatic nitrogens is 1. The van der Waals surface area contributed by atoms with Gasteiger partial charge in [-0.25, -0.2) is 13.4 Å². The van der Waals surface area contributed by atoms with Gasteiger partial charge in [-0.3, -0.25) is 4.79 Å². The van der Waals surface area contributed by atoms with Crippen molar-refractivity contribution in [2.45, 2.75) is 18.2 Å². The second-order valence-electron chi connectivity index (χ2n) is 4.03. The number of sulfonamides is 1. The Morgan fingerprint density at radius 2 is 2.16 bits per heavy atom. The van der Waals surface area contributed by atoms with Crippen molar-refractivity contribution in [2.75, 3.05) is 25.9 Å². The number of nitrogens with two attached hydrogens (primary N) is 1. The standard InChI is InChI=1S/C11H18N4O3S/c1-3-6-13-11(16)8-15(2)19(17,18)9-4-5-10(12)14-7-9/h4-5,7H,3,6,8H2,1-2H3,(H2,12,14)(H,13,16). The SMILES string of the molecule is CCCNC(=O)CN(C)S(=O)(=O)c1ccc(N)nc1. The molecular formula is C11H18N4O3S. The van der Waals surface area contributed by atoms with Gasteiger partial charge in [0.05, 0.1) is 6.54 Å². The van der Waals surface area contributed by atoms with Crippen LogP contribution in [-0.2, 0) is 14.8 Å². The fourth-order valence-corrected chi connectivity index (χ4v) is 2.40. The third kappa shape index (κ3) is 4.18. The van der Waals surface area contributed by atoms with Gasteiger partial charge in [-0.15, -0.1) is 0 Å². The average molecular weight is 286 g/mol. The molecule has 0 saturated carbocycles. The summed E-state index contributed by atoms with van der Waals surface area (Å²) >= 11 is 0. The molecule has 19 heavy (non-hydrogen) atoms. The lowest BCUT2D eigenvalue weighted by Gasteiger charge is -2.16. The fraction of sp³-hybridized carbons (Fsp3) is 0.455. The van der Waals surface area contributed by atoms with Crippen LogP contribution in [0, 0.1) is 0 Å². The van der Waals surface area contributed by atoms with Crippen LogP contribution in [0.15, 0.2) is 23.2 Å². The number of anilines is 1. The lowest BCUT2D eigenvalue weighted by atomic mass is 10.4. The summed E-state index contributed by atoms with van der Waals surface area (Å²) in [5.74, 6) is -0.0985. The van der Waals surface area contributed by atoms with E-state index in [2.05, 4.69) is 10.3 Å². The number of amides is 1. The van der Waals surface area contributed by atoms with E-state index >= 15 is 0 Å². The molecule has 7 nitrogen and oxygen atoms in total. The normalized spacial score (nSPS) is 11.5. The summed E-state index contributed by atoms with van der Waals surface area (Å²) in [4.78, 5) is 15.2. The van der Waals surface area contributed by atoms with Gasteiger partial charge in [-0.2, -0.15) is 4.31 Å². The molecule has 1 aromatic heterocycles. The minimum atomic E-state index is -3.72. The first-order chi connectivity index (χ1) is 8.87. The topological polar surface area (TPSA) is 105 Å². The number of carbonyl (C=O) groups is 1. The maximum atomic E-state index is 12.1. The van der Waals surface area contributed by atoms with Crippen LogP contribution in [0.2, 0.25) is 0 Å². The monoisotopic (exact) mass is 286 g/mol. The van der Waals surface area contributed by atoms with Crippen LogP contribution in [0.4, 0.5) is 5.82 Å². The van der Waals surface area contributed by atoms with E-state index < -0.39 is 10.0 Å². The van der Waals surface area contributed by atoms with E-state index in [-0.39, 0.29) is 23.2 Å². The van der Waals surface area contributed by atoms with Gasteiger partial charge in [-0.1, -0.05) is 6.92 Å². The lowest BCUT2D eigenvalue weighted by molar-refractivity contribution is -0.121. The summed E-state index contributed by atoms with van der Waals surface area (Å²) in [6, 6.07) is 2.76. The lowest BCUT2D eigenvalue weighted by Crippen LogP contribution is -2.38. The zero-order valence-corrected chi connectivity index (χ0v) is 11.8. The molecule has 0 unspecified atom stereocenters. The maximum Gasteiger partial charge on any atom is 0.244 e. The van der Waals surface area contributed by atoms with Gasteiger partial charge in [0.2, 0.25) is 15.9 Å². The summed E-state index contributed by atoms with van der Waals surface area (Å²) < 4.78 is 25.2.